The first-order valence-corrected chi connectivity index (χ1v) is 21.2. The van der Waals surface area contributed by atoms with E-state index in [0.717, 1.165) is 77.2 Å². The Morgan fingerprint density at radius 3 is 1.33 bits per heavy atom. The van der Waals surface area contributed by atoms with Crippen LogP contribution in [0.4, 0.5) is 0 Å². The molecule has 0 aliphatic heterocycles. The van der Waals surface area contributed by atoms with Crippen LogP contribution >= 0.6 is 0 Å². The monoisotopic (exact) mass is 803 g/mol. The standard InChI is InChI=1S/C59H37N3O/c1-3-10-38(11-4-1)41-18-23-43(24-19-41)57-60-58(44-25-20-42(21-26-44)39-12-5-2-6-13-39)62-59(61-57)51-31-29-47-35-50(30-28-48(47)36-51)52-16-9-17-55-56(52)53-37-49(32-33-54(53)63-55)46-27-22-40-14-7-8-15-45(40)34-46/h1-37H. The number of nitrogens with zero attached hydrogens (tertiary/aromatic N) is 3. The second-order valence-electron chi connectivity index (χ2n) is 16.0. The van der Waals surface area contributed by atoms with Crippen molar-refractivity contribution in [1.29, 1.82) is 0 Å². The zero-order valence-corrected chi connectivity index (χ0v) is 34.1. The van der Waals surface area contributed by atoms with E-state index >= 15 is 0 Å². The van der Waals surface area contributed by atoms with Gasteiger partial charge in [0.05, 0.1) is 0 Å². The zero-order valence-electron chi connectivity index (χ0n) is 34.1. The molecule has 12 rings (SSSR count). The average molecular weight is 804 g/mol. The van der Waals surface area contributed by atoms with E-state index in [1.165, 1.54) is 27.5 Å². The molecule has 0 fully saturated rings. The van der Waals surface area contributed by atoms with Crippen molar-refractivity contribution < 1.29 is 4.42 Å². The van der Waals surface area contributed by atoms with Crippen LogP contribution < -0.4 is 0 Å². The summed E-state index contributed by atoms with van der Waals surface area (Å²) in [5.41, 5.74) is 13.8. The Hall–Kier alpha value is -8.47. The molecular weight excluding hydrogens is 767 g/mol. The number of furan rings is 1. The Bertz CT molecular complexity index is 3550. The van der Waals surface area contributed by atoms with Gasteiger partial charge < -0.3 is 4.42 Å². The third-order valence-electron chi connectivity index (χ3n) is 12.1. The Balaban J connectivity index is 0.924. The molecule has 63 heavy (non-hydrogen) atoms. The first-order valence-electron chi connectivity index (χ1n) is 21.2. The van der Waals surface area contributed by atoms with E-state index in [9.17, 15) is 0 Å². The van der Waals surface area contributed by atoms with Gasteiger partial charge in [-0.2, -0.15) is 0 Å². The fraction of sp³-hybridized carbons (Fsp3) is 0. The van der Waals surface area contributed by atoms with Gasteiger partial charge in [0.2, 0.25) is 0 Å². The summed E-state index contributed by atoms with van der Waals surface area (Å²) in [6.45, 7) is 0. The Morgan fingerprint density at radius 2 is 0.683 bits per heavy atom. The molecule has 2 aromatic heterocycles. The van der Waals surface area contributed by atoms with Crippen molar-refractivity contribution in [2.75, 3.05) is 0 Å². The van der Waals surface area contributed by atoms with Crippen molar-refractivity contribution >= 4 is 43.5 Å². The van der Waals surface area contributed by atoms with Crippen LogP contribution in [0, 0.1) is 0 Å². The number of benzene rings is 10. The molecule has 0 bridgehead atoms. The highest BCUT2D eigenvalue weighted by molar-refractivity contribution is 6.14. The number of hydrogen-bond donors (Lipinski definition) is 0. The minimum atomic E-state index is 0.622. The first kappa shape index (κ1) is 36.4. The van der Waals surface area contributed by atoms with E-state index in [-0.39, 0.29) is 0 Å². The normalized spacial score (nSPS) is 11.5. The summed E-state index contributed by atoms with van der Waals surface area (Å²) < 4.78 is 6.44. The van der Waals surface area contributed by atoms with Gasteiger partial charge in [-0.15, -0.1) is 0 Å². The summed E-state index contributed by atoms with van der Waals surface area (Å²) in [6.07, 6.45) is 0. The highest BCUT2D eigenvalue weighted by Gasteiger charge is 2.17. The quantitative estimate of drug-likeness (QED) is 0.161. The fourth-order valence-electron chi connectivity index (χ4n) is 8.82. The summed E-state index contributed by atoms with van der Waals surface area (Å²) in [7, 11) is 0. The summed E-state index contributed by atoms with van der Waals surface area (Å²) in [5.74, 6) is 1.87. The lowest BCUT2D eigenvalue weighted by Gasteiger charge is -2.11. The predicted octanol–water partition coefficient (Wildman–Crippen LogP) is 15.7. The highest BCUT2D eigenvalue weighted by Crippen LogP contribution is 2.40. The van der Waals surface area contributed by atoms with Gasteiger partial charge in [0.25, 0.3) is 0 Å². The molecule has 294 valence electrons. The molecule has 0 aliphatic rings. The van der Waals surface area contributed by atoms with Crippen molar-refractivity contribution in [2.45, 2.75) is 0 Å². The van der Waals surface area contributed by atoms with Crippen molar-refractivity contribution in [1.82, 2.24) is 15.0 Å². The molecule has 0 spiro atoms. The lowest BCUT2D eigenvalue weighted by Crippen LogP contribution is -2.00. The molecule has 0 saturated heterocycles. The lowest BCUT2D eigenvalue weighted by molar-refractivity contribution is 0.669. The first-order chi connectivity index (χ1) is 31.2. The van der Waals surface area contributed by atoms with E-state index in [0.29, 0.717) is 17.5 Å². The SMILES string of the molecule is c1ccc(-c2ccc(-c3nc(-c4ccc(-c5ccccc5)cc4)nc(-c4ccc5cc(-c6cccc7oc8ccc(-c9ccc%10ccccc%10c9)cc8c67)ccc5c4)n3)cc2)cc1. The molecule has 0 radical (unpaired) electrons. The summed E-state index contributed by atoms with van der Waals surface area (Å²) in [4.78, 5) is 15.3. The predicted molar refractivity (Wildman–Crippen MR) is 260 cm³/mol. The number of hydrogen-bond acceptors (Lipinski definition) is 4. The van der Waals surface area contributed by atoms with Gasteiger partial charge in [-0.3, -0.25) is 0 Å². The maximum atomic E-state index is 6.44. The maximum absolute atomic E-state index is 6.44. The summed E-state index contributed by atoms with van der Waals surface area (Å²) >= 11 is 0. The Morgan fingerprint density at radius 1 is 0.254 bits per heavy atom. The van der Waals surface area contributed by atoms with Gasteiger partial charge in [-0.25, -0.2) is 15.0 Å². The Kier molecular flexibility index (Phi) is 8.79. The molecule has 2 heterocycles. The van der Waals surface area contributed by atoms with Crippen LogP contribution in [0.3, 0.4) is 0 Å². The molecule has 10 aromatic carbocycles. The Labute approximate surface area is 364 Å². The molecule has 0 saturated carbocycles. The van der Waals surface area contributed by atoms with Gasteiger partial charge >= 0.3 is 0 Å². The summed E-state index contributed by atoms with van der Waals surface area (Å²) in [5, 5.41) is 6.91. The molecular formula is C59H37N3O. The van der Waals surface area contributed by atoms with E-state index < -0.39 is 0 Å². The second-order valence-corrected chi connectivity index (χ2v) is 16.0. The lowest BCUT2D eigenvalue weighted by atomic mass is 9.95. The van der Waals surface area contributed by atoms with Crippen molar-refractivity contribution in [3.8, 4) is 78.7 Å². The van der Waals surface area contributed by atoms with Crippen molar-refractivity contribution in [2.24, 2.45) is 0 Å². The van der Waals surface area contributed by atoms with Crippen LogP contribution in [-0.2, 0) is 0 Å². The third kappa shape index (κ3) is 6.80. The van der Waals surface area contributed by atoms with Crippen LogP contribution in [0.5, 0.6) is 0 Å². The maximum Gasteiger partial charge on any atom is 0.164 e. The molecule has 0 unspecified atom stereocenters. The minimum Gasteiger partial charge on any atom is -0.456 e. The van der Waals surface area contributed by atoms with E-state index in [4.69, 9.17) is 19.4 Å². The molecule has 12 aromatic rings. The second kappa shape index (κ2) is 15.2. The van der Waals surface area contributed by atoms with E-state index in [1.54, 1.807) is 0 Å². The van der Waals surface area contributed by atoms with Crippen LogP contribution in [0.2, 0.25) is 0 Å². The number of rotatable bonds is 7. The molecule has 0 atom stereocenters. The van der Waals surface area contributed by atoms with E-state index in [2.05, 4.69) is 212 Å². The van der Waals surface area contributed by atoms with Gasteiger partial charge in [0.15, 0.2) is 17.5 Å². The largest absolute Gasteiger partial charge is 0.456 e. The summed E-state index contributed by atoms with van der Waals surface area (Å²) in [6, 6.07) is 78.9. The van der Waals surface area contributed by atoms with Gasteiger partial charge in [-0.1, -0.05) is 188 Å². The average Bonchev–Trinajstić information content (AvgIpc) is 3.75. The van der Waals surface area contributed by atoms with Crippen molar-refractivity contribution in [3.63, 3.8) is 0 Å². The molecule has 0 aliphatic carbocycles. The topological polar surface area (TPSA) is 51.8 Å². The van der Waals surface area contributed by atoms with Crippen LogP contribution in [-0.4, -0.2) is 15.0 Å². The minimum absolute atomic E-state index is 0.622. The van der Waals surface area contributed by atoms with Gasteiger partial charge in [0, 0.05) is 27.5 Å². The zero-order chi connectivity index (χ0) is 41.7. The molecule has 0 amide bonds. The number of aromatic nitrogens is 3. The number of fused-ring (bicyclic) bond motifs is 5. The molecule has 0 N–H and O–H groups in total. The third-order valence-corrected chi connectivity index (χ3v) is 12.1. The highest BCUT2D eigenvalue weighted by atomic mass is 16.3. The van der Waals surface area contributed by atoms with Crippen LogP contribution in [0.15, 0.2) is 229 Å². The van der Waals surface area contributed by atoms with E-state index in [1.807, 2.05) is 12.1 Å². The van der Waals surface area contributed by atoms with Crippen LogP contribution in [0.1, 0.15) is 0 Å². The van der Waals surface area contributed by atoms with Gasteiger partial charge in [0.1, 0.15) is 11.2 Å². The van der Waals surface area contributed by atoms with Crippen LogP contribution in [0.25, 0.3) is 122 Å². The smallest absolute Gasteiger partial charge is 0.164 e. The fourth-order valence-corrected chi connectivity index (χ4v) is 8.82. The molecule has 4 nitrogen and oxygen atoms in total. The van der Waals surface area contributed by atoms with Gasteiger partial charge in [-0.05, 0) is 102 Å². The van der Waals surface area contributed by atoms with Crippen molar-refractivity contribution in [3.05, 3.63) is 224 Å². The molecule has 4 heteroatoms.